The molecular weight excluding hydrogens is 310 g/mol. The first kappa shape index (κ1) is 15.7. The fourth-order valence-electron chi connectivity index (χ4n) is 2.04. The van der Waals surface area contributed by atoms with Gasteiger partial charge >= 0.3 is 0 Å². The van der Waals surface area contributed by atoms with Crippen molar-refractivity contribution in [2.75, 3.05) is 5.43 Å². The fourth-order valence-corrected chi connectivity index (χ4v) is 2.04. The number of nitrogens with zero attached hydrogens (tertiary/aromatic N) is 1. The van der Waals surface area contributed by atoms with Crippen molar-refractivity contribution in [3.8, 4) is 11.5 Å². The van der Waals surface area contributed by atoms with Crippen LogP contribution in [-0.4, -0.2) is 6.21 Å². The second-order valence-corrected chi connectivity index (χ2v) is 4.98. The summed E-state index contributed by atoms with van der Waals surface area (Å²) in [4.78, 5) is 0. The molecule has 0 aliphatic heterocycles. The van der Waals surface area contributed by atoms with E-state index in [4.69, 9.17) is 4.74 Å². The Hall–Kier alpha value is -3.21. The van der Waals surface area contributed by atoms with Gasteiger partial charge in [-0.05, 0) is 42.0 Å². The van der Waals surface area contributed by atoms with Crippen LogP contribution in [0.1, 0.15) is 5.56 Å². The topological polar surface area (TPSA) is 33.6 Å². The summed E-state index contributed by atoms with van der Waals surface area (Å²) in [7, 11) is 0. The number of hydrazone groups is 1. The standard InChI is InChI=1S/C19H14F2N2O/c20-15-9-10-19(18(21)12-15)23-22-13-14-5-4-8-17(11-14)24-16-6-2-1-3-7-16/h1-13,23H/b22-13+. The highest BCUT2D eigenvalue weighted by Gasteiger charge is 2.02. The van der Waals surface area contributed by atoms with Gasteiger partial charge in [0.25, 0.3) is 0 Å². The van der Waals surface area contributed by atoms with Gasteiger partial charge in [-0.25, -0.2) is 8.78 Å². The van der Waals surface area contributed by atoms with Crippen molar-refractivity contribution >= 4 is 11.9 Å². The molecule has 5 heteroatoms. The molecule has 0 heterocycles. The molecule has 0 aromatic heterocycles. The molecule has 120 valence electrons. The van der Waals surface area contributed by atoms with E-state index in [2.05, 4.69) is 10.5 Å². The zero-order valence-electron chi connectivity index (χ0n) is 12.6. The maximum Gasteiger partial charge on any atom is 0.151 e. The minimum atomic E-state index is -0.701. The first-order valence-corrected chi connectivity index (χ1v) is 7.28. The zero-order valence-corrected chi connectivity index (χ0v) is 12.6. The lowest BCUT2D eigenvalue weighted by Gasteiger charge is -2.06. The van der Waals surface area contributed by atoms with Crippen molar-refractivity contribution in [3.63, 3.8) is 0 Å². The molecule has 0 aliphatic rings. The van der Waals surface area contributed by atoms with E-state index in [1.54, 1.807) is 6.07 Å². The number of ether oxygens (including phenoxy) is 1. The number of anilines is 1. The van der Waals surface area contributed by atoms with Gasteiger partial charge in [-0.2, -0.15) is 5.10 Å². The molecule has 0 radical (unpaired) electrons. The highest BCUT2D eigenvalue weighted by molar-refractivity contribution is 5.80. The van der Waals surface area contributed by atoms with E-state index in [0.717, 1.165) is 23.4 Å². The molecule has 3 aromatic rings. The second-order valence-electron chi connectivity index (χ2n) is 4.98. The number of benzene rings is 3. The summed E-state index contributed by atoms with van der Waals surface area (Å²) < 4.78 is 32.1. The van der Waals surface area contributed by atoms with Crippen LogP contribution in [-0.2, 0) is 0 Å². The van der Waals surface area contributed by atoms with E-state index in [1.807, 2.05) is 48.5 Å². The van der Waals surface area contributed by atoms with Crippen molar-refractivity contribution in [2.24, 2.45) is 5.10 Å². The van der Waals surface area contributed by atoms with Crippen molar-refractivity contribution in [3.05, 3.63) is 90.0 Å². The monoisotopic (exact) mass is 324 g/mol. The summed E-state index contributed by atoms with van der Waals surface area (Å²) in [6.45, 7) is 0. The first-order valence-electron chi connectivity index (χ1n) is 7.28. The van der Waals surface area contributed by atoms with Crippen molar-refractivity contribution in [2.45, 2.75) is 0 Å². The highest BCUT2D eigenvalue weighted by atomic mass is 19.1. The molecule has 1 N–H and O–H groups in total. The Kier molecular flexibility index (Phi) is 4.81. The number of hydrogen-bond donors (Lipinski definition) is 1. The van der Waals surface area contributed by atoms with Crippen molar-refractivity contribution in [1.29, 1.82) is 0 Å². The number of hydrogen-bond acceptors (Lipinski definition) is 3. The Morgan fingerprint density at radius 1 is 0.833 bits per heavy atom. The van der Waals surface area contributed by atoms with E-state index < -0.39 is 11.6 Å². The Labute approximate surface area is 138 Å². The molecule has 3 rings (SSSR count). The van der Waals surface area contributed by atoms with Gasteiger partial charge in [0.05, 0.1) is 11.9 Å². The molecule has 0 amide bonds. The van der Waals surface area contributed by atoms with Gasteiger partial charge in [-0.1, -0.05) is 30.3 Å². The van der Waals surface area contributed by atoms with E-state index in [-0.39, 0.29) is 5.69 Å². The number of nitrogens with one attached hydrogen (secondary N) is 1. The van der Waals surface area contributed by atoms with Crippen LogP contribution >= 0.6 is 0 Å². The third kappa shape index (κ3) is 4.16. The Balaban J connectivity index is 1.68. The minimum Gasteiger partial charge on any atom is -0.457 e. The summed E-state index contributed by atoms with van der Waals surface area (Å²) in [5.41, 5.74) is 3.42. The quantitative estimate of drug-likeness (QED) is 0.517. The lowest BCUT2D eigenvalue weighted by Crippen LogP contribution is -1.94. The molecule has 3 aromatic carbocycles. The van der Waals surface area contributed by atoms with Gasteiger partial charge in [0, 0.05) is 6.07 Å². The molecule has 3 nitrogen and oxygen atoms in total. The molecule has 0 saturated heterocycles. The molecule has 0 atom stereocenters. The lowest BCUT2D eigenvalue weighted by molar-refractivity contribution is 0.482. The molecule has 0 fully saturated rings. The Morgan fingerprint density at radius 3 is 2.42 bits per heavy atom. The summed E-state index contributed by atoms with van der Waals surface area (Å²) in [5, 5.41) is 3.96. The average molecular weight is 324 g/mol. The van der Waals surface area contributed by atoms with Crippen LogP contribution in [0.5, 0.6) is 11.5 Å². The van der Waals surface area contributed by atoms with Crippen LogP contribution in [0.15, 0.2) is 77.9 Å². The number of para-hydroxylation sites is 1. The first-order chi connectivity index (χ1) is 11.7. The van der Waals surface area contributed by atoms with Gasteiger partial charge in [-0.15, -0.1) is 0 Å². The Morgan fingerprint density at radius 2 is 1.62 bits per heavy atom. The summed E-state index contributed by atoms with van der Waals surface area (Å²) in [6.07, 6.45) is 1.53. The van der Waals surface area contributed by atoms with E-state index in [9.17, 15) is 8.78 Å². The largest absolute Gasteiger partial charge is 0.457 e. The zero-order chi connectivity index (χ0) is 16.8. The van der Waals surface area contributed by atoms with Crippen LogP contribution in [0.4, 0.5) is 14.5 Å². The van der Waals surface area contributed by atoms with Crippen molar-refractivity contribution in [1.82, 2.24) is 0 Å². The van der Waals surface area contributed by atoms with Crippen LogP contribution in [0, 0.1) is 11.6 Å². The van der Waals surface area contributed by atoms with Crippen LogP contribution < -0.4 is 10.2 Å². The third-order valence-corrected chi connectivity index (χ3v) is 3.17. The van der Waals surface area contributed by atoms with E-state index in [1.165, 1.54) is 12.3 Å². The normalized spacial score (nSPS) is 10.8. The fraction of sp³-hybridized carbons (Fsp3) is 0. The molecule has 24 heavy (non-hydrogen) atoms. The molecular formula is C19H14F2N2O. The SMILES string of the molecule is Fc1ccc(N/N=C/c2cccc(Oc3ccccc3)c2)c(F)c1. The van der Waals surface area contributed by atoms with Gasteiger partial charge in [0.15, 0.2) is 5.82 Å². The summed E-state index contributed by atoms with van der Waals surface area (Å²) in [5.74, 6) is 0.0670. The molecule has 0 spiro atoms. The van der Waals surface area contributed by atoms with Gasteiger partial charge in [0.1, 0.15) is 17.3 Å². The lowest BCUT2D eigenvalue weighted by atomic mass is 10.2. The maximum atomic E-state index is 13.5. The average Bonchev–Trinajstić information content (AvgIpc) is 2.58. The highest BCUT2D eigenvalue weighted by Crippen LogP contribution is 2.21. The number of rotatable bonds is 5. The van der Waals surface area contributed by atoms with Gasteiger partial charge in [0.2, 0.25) is 0 Å². The molecule has 0 unspecified atom stereocenters. The smallest absolute Gasteiger partial charge is 0.151 e. The van der Waals surface area contributed by atoms with Crippen LogP contribution in [0.2, 0.25) is 0 Å². The van der Waals surface area contributed by atoms with Crippen LogP contribution in [0.3, 0.4) is 0 Å². The van der Waals surface area contributed by atoms with Gasteiger partial charge in [-0.3, -0.25) is 5.43 Å². The molecule has 0 bridgehead atoms. The third-order valence-electron chi connectivity index (χ3n) is 3.17. The predicted molar refractivity (Wildman–Crippen MR) is 90.5 cm³/mol. The number of halogens is 2. The maximum absolute atomic E-state index is 13.5. The summed E-state index contributed by atoms with van der Waals surface area (Å²) in [6, 6.07) is 20.0. The van der Waals surface area contributed by atoms with Gasteiger partial charge < -0.3 is 4.74 Å². The molecule has 0 aliphatic carbocycles. The summed E-state index contributed by atoms with van der Waals surface area (Å²) >= 11 is 0. The second kappa shape index (κ2) is 7.37. The van der Waals surface area contributed by atoms with Crippen molar-refractivity contribution < 1.29 is 13.5 Å². The van der Waals surface area contributed by atoms with E-state index >= 15 is 0 Å². The Bertz CT molecular complexity index is 851. The predicted octanol–water partition coefficient (Wildman–Crippen LogP) is 5.20. The van der Waals surface area contributed by atoms with Crippen LogP contribution in [0.25, 0.3) is 0 Å². The molecule has 0 saturated carbocycles. The van der Waals surface area contributed by atoms with E-state index in [0.29, 0.717) is 5.75 Å². The minimum absolute atomic E-state index is 0.101.